The van der Waals surface area contributed by atoms with Crippen LogP contribution in [0.25, 0.3) is 5.65 Å². The van der Waals surface area contributed by atoms with Crippen LogP contribution in [-0.2, 0) is 24.1 Å². The minimum atomic E-state index is -0.177. The second-order valence-electron chi connectivity index (χ2n) is 7.82. The van der Waals surface area contributed by atoms with E-state index in [2.05, 4.69) is 15.3 Å². The minimum absolute atomic E-state index is 0.0390. The summed E-state index contributed by atoms with van der Waals surface area (Å²) in [5.41, 5.74) is 3.90. The van der Waals surface area contributed by atoms with Crippen molar-refractivity contribution in [3.63, 3.8) is 0 Å². The Hall–Kier alpha value is -4.00. The predicted octanol–water partition coefficient (Wildman–Crippen LogP) is 3.47. The third kappa shape index (κ3) is 5.09. The number of nitrogens with zero attached hydrogens (tertiary/aromatic N) is 4. The van der Waals surface area contributed by atoms with Gasteiger partial charge in [0, 0.05) is 38.1 Å². The van der Waals surface area contributed by atoms with Crippen molar-refractivity contribution < 1.29 is 9.59 Å². The van der Waals surface area contributed by atoms with Crippen LogP contribution in [-0.4, -0.2) is 39.8 Å². The zero-order valence-corrected chi connectivity index (χ0v) is 18.9. The van der Waals surface area contributed by atoms with Crippen LogP contribution in [0, 0.1) is 0 Å². The molecule has 2 amide bonds. The molecule has 4 aromatic rings. The number of rotatable bonds is 8. The molecule has 3 heterocycles. The number of anilines is 1. The number of carbonyl (C=O) groups excluding carboxylic acids is 2. The summed E-state index contributed by atoms with van der Waals surface area (Å²) in [6.45, 7) is 2.49. The van der Waals surface area contributed by atoms with Gasteiger partial charge in [-0.15, -0.1) is 0 Å². The van der Waals surface area contributed by atoms with Gasteiger partial charge in [-0.25, -0.2) is 4.98 Å². The molecule has 0 aliphatic carbocycles. The molecule has 0 atom stereocenters. The average molecular weight is 442 g/mol. The van der Waals surface area contributed by atoms with Gasteiger partial charge in [-0.1, -0.05) is 43.3 Å². The first kappa shape index (κ1) is 22.2. The highest BCUT2D eigenvalue weighted by molar-refractivity contribution is 5.96. The van der Waals surface area contributed by atoms with E-state index in [9.17, 15) is 9.59 Å². The van der Waals surface area contributed by atoms with Gasteiger partial charge >= 0.3 is 0 Å². The molecule has 0 fully saturated rings. The number of nitrogens with one attached hydrogen (secondary N) is 1. The topological polar surface area (TPSA) is 79.6 Å². The number of imidazole rings is 1. The summed E-state index contributed by atoms with van der Waals surface area (Å²) in [6, 6.07) is 19.0. The number of aryl methyl sites for hydroxylation is 1. The van der Waals surface area contributed by atoms with Crippen molar-refractivity contribution in [3.8, 4) is 0 Å². The van der Waals surface area contributed by atoms with Crippen LogP contribution in [0.5, 0.6) is 0 Å². The number of pyridine rings is 2. The third-order valence-electron chi connectivity index (χ3n) is 5.54. The Morgan fingerprint density at radius 1 is 1.03 bits per heavy atom. The number of fused-ring (bicyclic) bond motifs is 1. The van der Waals surface area contributed by atoms with Crippen molar-refractivity contribution in [2.45, 2.75) is 26.2 Å². The molecule has 1 N–H and O–H groups in total. The van der Waals surface area contributed by atoms with Gasteiger partial charge < -0.3 is 5.32 Å². The van der Waals surface area contributed by atoms with Gasteiger partial charge in [0.1, 0.15) is 11.5 Å². The molecule has 4 rings (SSSR count). The summed E-state index contributed by atoms with van der Waals surface area (Å²) < 4.78 is 1.83. The molecular weight excluding hydrogens is 414 g/mol. The average Bonchev–Trinajstić information content (AvgIpc) is 3.22. The Labute approximate surface area is 193 Å². The maximum Gasteiger partial charge on any atom is 0.252 e. The zero-order chi connectivity index (χ0) is 23.2. The zero-order valence-electron chi connectivity index (χ0n) is 18.9. The van der Waals surface area contributed by atoms with Crippen LogP contribution in [0.15, 0.2) is 73.1 Å². The summed E-state index contributed by atoms with van der Waals surface area (Å²) in [4.78, 5) is 36.4. The van der Waals surface area contributed by atoms with Gasteiger partial charge in [-0.05, 0) is 36.2 Å². The van der Waals surface area contributed by atoms with E-state index in [1.165, 1.54) is 0 Å². The van der Waals surface area contributed by atoms with E-state index in [1.807, 2.05) is 65.9 Å². The van der Waals surface area contributed by atoms with Crippen LogP contribution < -0.4 is 10.2 Å². The number of benzene rings is 1. The molecule has 0 aliphatic rings. The molecule has 0 saturated carbocycles. The summed E-state index contributed by atoms with van der Waals surface area (Å²) in [5, 5.41) is 2.94. The Morgan fingerprint density at radius 3 is 2.55 bits per heavy atom. The molecule has 0 radical (unpaired) electrons. The van der Waals surface area contributed by atoms with E-state index < -0.39 is 0 Å². The van der Waals surface area contributed by atoms with E-state index in [0.29, 0.717) is 42.8 Å². The Balaban J connectivity index is 1.54. The van der Waals surface area contributed by atoms with Gasteiger partial charge in [0.15, 0.2) is 0 Å². The van der Waals surface area contributed by atoms with Crippen LogP contribution in [0.2, 0.25) is 0 Å². The van der Waals surface area contributed by atoms with Gasteiger partial charge in [-0.3, -0.25) is 23.9 Å². The summed E-state index contributed by atoms with van der Waals surface area (Å²) in [5.74, 6) is 0.475. The van der Waals surface area contributed by atoms with Crippen LogP contribution in [0.4, 0.5) is 5.82 Å². The minimum Gasteiger partial charge on any atom is -0.352 e. The smallest absolute Gasteiger partial charge is 0.252 e. The molecule has 0 saturated heterocycles. The standard InChI is InChI=1S/C26H27N5O2/c1-3-22-26(30(2)24(32)17-19-9-5-4-6-10-19)31-18-20(12-13-23(31)29-22)25(33)28-16-14-21-11-7-8-15-27-21/h4-13,15,18H,3,14,16-17H2,1-2H3,(H,28,33). The highest BCUT2D eigenvalue weighted by atomic mass is 16.2. The fourth-order valence-electron chi connectivity index (χ4n) is 3.77. The lowest BCUT2D eigenvalue weighted by Gasteiger charge is -2.18. The van der Waals surface area contributed by atoms with Crippen LogP contribution in [0.3, 0.4) is 0 Å². The lowest BCUT2D eigenvalue weighted by molar-refractivity contribution is -0.117. The predicted molar refractivity (Wildman–Crippen MR) is 128 cm³/mol. The Kier molecular flexibility index (Phi) is 6.78. The van der Waals surface area contributed by atoms with Crippen molar-refractivity contribution in [2.24, 2.45) is 0 Å². The quantitative estimate of drug-likeness (QED) is 0.454. The van der Waals surface area contributed by atoms with E-state index in [4.69, 9.17) is 0 Å². The van der Waals surface area contributed by atoms with E-state index in [1.54, 1.807) is 30.4 Å². The summed E-state index contributed by atoms with van der Waals surface area (Å²) >= 11 is 0. The molecule has 7 heteroatoms. The first-order chi connectivity index (χ1) is 16.1. The van der Waals surface area contributed by atoms with Crippen molar-refractivity contribution in [1.29, 1.82) is 0 Å². The fourth-order valence-corrected chi connectivity index (χ4v) is 3.77. The highest BCUT2D eigenvalue weighted by Crippen LogP contribution is 2.24. The fraction of sp³-hybridized carbons (Fsp3) is 0.231. The largest absolute Gasteiger partial charge is 0.352 e. The van der Waals surface area contributed by atoms with E-state index >= 15 is 0 Å². The Morgan fingerprint density at radius 2 is 1.82 bits per heavy atom. The lowest BCUT2D eigenvalue weighted by Crippen LogP contribution is -2.30. The molecule has 0 unspecified atom stereocenters. The van der Waals surface area contributed by atoms with Gasteiger partial charge in [0.05, 0.1) is 17.7 Å². The molecule has 0 bridgehead atoms. The summed E-state index contributed by atoms with van der Waals surface area (Å²) in [7, 11) is 1.76. The third-order valence-corrected chi connectivity index (χ3v) is 5.54. The molecule has 0 aliphatic heterocycles. The number of aromatic nitrogens is 3. The van der Waals surface area contributed by atoms with Crippen molar-refractivity contribution in [3.05, 3.63) is 95.6 Å². The van der Waals surface area contributed by atoms with E-state index in [-0.39, 0.29) is 11.8 Å². The number of hydrogen-bond acceptors (Lipinski definition) is 4. The number of amides is 2. The Bertz CT molecular complexity index is 1250. The van der Waals surface area contributed by atoms with Gasteiger partial charge in [0.2, 0.25) is 5.91 Å². The maximum absolute atomic E-state index is 13.0. The highest BCUT2D eigenvalue weighted by Gasteiger charge is 2.21. The van der Waals surface area contributed by atoms with Gasteiger partial charge in [0.25, 0.3) is 5.91 Å². The normalized spacial score (nSPS) is 10.8. The molecule has 7 nitrogen and oxygen atoms in total. The number of hydrogen-bond donors (Lipinski definition) is 1. The molecule has 168 valence electrons. The van der Waals surface area contributed by atoms with E-state index in [0.717, 1.165) is 17.0 Å². The molecular formula is C26H27N5O2. The first-order valence-electron chi connectivity index (χ1n) is 11.1. The van der Waals surface area contributed by atoms with Crippen LogP contribution in [0.1, 0.15) is 34.2 Å². The molecule has 0 spiro atoms. The first-order valence-corrected chi connectivity index (χ1v) is 11.1. The van der Waals surface area contributed by atoms with Crippen molar-refractivity contribution in [1.82, 2.24) is 19.7 Å². The molecule has 33 heavy (non-hydrogen) atoms. The second-order valence-corrected chi connectivity index (χ2v) is 7.82. The van der Waals surface area contributed by atoms with Crippen molar-refractivity contribution >= 4 is 23.3 Å². The van der Waals surface area contributed by atoms with Crippen LogP contribution >= 0.6 is 0 Å². The molecule has 1 aromatic carbocycles. The maximum atomic E-state index is 13.0. The number of likely N-dealkylation sites (N-methyl/N-ethyl adjacent to an activating group) is 1. The van der Waals surface area contributed by atoms with Crippen molar-refractivity contribution in [2.75, 3.05) is 18.5 Å². The van der Waals surface area contributed by atoms with Gasteiger partial charge in [-0.2, -0.15) is 0 Å². The lowest BCUT2D eigenvalue weighted by atomic mass is 10.1. The second kappa shape index (κ2) is 10.1. The SMILES string of the molecule is CCc1nc2ccc(C(=O)NCCc3ccccn3)cn2c1N(C)C(=O)Cc1ccccc1. The molecule has 3 aromatic heterocycles. The number of carbonyl (C=O) groups is 2. The summed E-state index contributed by atoms with van der Waals surface area (Å²) in [6.07, 6.45) is 5.11. The monoisotopic (exact) mass is 441 g/mol.